The number of nitrogens with one attached hydrogen (secondary N) is 1. The Morgan fingerprint density at radius 1 is 1.31 bits per heavy atom. The van der Waals surface area contributed by atoms with E-state index in [1.54, 1.807) is 0 Å². The monoisotopic (exact) mass is 182 g/mol. The van der Waals surface area contributed by atoms with E-state index in [0.29, 0.717) is 11.8 Å². The van der Waals surface area contributed by atoms with E-state index in [9.17, 15) is 4.79 Å². The van der Waals surface area contributed by atoms with E-state index in [2.05, 4.69) is 12.2 Å². The Morgan fingerprint density at radius 2 is 2.00 bits per heavy atom. The zero-order valence-corrected chi connectivity index (χ0v) is 8.25. The predicted octanol–water partition coefficient (Wildman–Crippen LogP) is 0.464. The summed E-state index contributed by atoms with van der Waals surface area (Å²) >= 11 is 0. The van der Waals surface area contributed by atoms with Gasteiger partial charge in [-0.2, -0.15) is 0 Å². The lowest BCUT2D eigenvalue weighted by atomic mass is 9.97. The summed E-state index contributed by atoms with van der Waals surface area (Å²) in [7, 11) is 0. The number of carbonyl (C=O) groups is 1. The summed E-state index contributed by atoms with van der Waals surface area (Å²) in [4.78, 5) is 14.0. The maximum atomic E-state index is 11.9. The van der Waals surface area contributed by atoms with Crippen LogP contribution in [-0.2, 0) is 4.79 Å². The van der Waals surface area contributed by atoms with Crippen LogP contribution in [0.25, 0.3) is 0 Å². The first kappa shape index (κ1) is 9.00. The summed E-state index contributed by atoms with van der Waals surface area (Å²) in [6.45, 7) is 6.03. The highest BCUT2D eigenvalue weighted by Crippen LogP contribution is 2.20. The molecule has 0 spiro atoms. The molecule has 13 heavy (non-hydrogen) atoms. The molecule has 0 aliphatic carbocycles. The average molecular weight is 182 g/mol. The lowest BCUT2D eigenvalue weighted by Gasteiger charge is -2.21. The molecule has 0 bridgehead atoms. The first-order chi connectivity index (χ1) is 6.29. The fraction of sp³-hybridized carbons (Fsp3) is 0.900. The van der Waals surface area contributed by atoms with E-state index < -0.39 is 0 Å². The van der Waals surface area contributed by atoms with E-state index >= 15 is 0 Å². The van der Waals surface area contributed by atoms with Crippen LogP contribution in [0.5, 0.6) is 0 Å². The number of amides is 1. The molecule has 2 aliphatic heterocycles. The number of hydrogen-bond acceptors (Lipinski definition) is 2. The molecule has 2 atom stereocenters. The van der Waals surface area contributed by atoms with Crippen molar-refractivity contribution in [1.82, 2.24) is 10.2 Å². The zero-order valence-electron chi connectivity index (χ0n) is 8.25. The summed E-state index contributed by atoms with van der Waals surface area (Å²) in [5.74, 6) is 1.15. The molecular formula is C10H18N2O. The van der Waals surface area contributed by atoms with Crippen LogP contribution >= 0.6 is 0 Å². The van der Waals surface area contributed by atoms with Crippen LogP contribution in [-0.4, -0.2) is 37.0 Å². The van der Waals surface area contributed by atoms with Gasteiger partial charge >= 0.3 is 0 Å². The lowest BCUT2D eigenvalue weighted by Crippen LogP contribution is -2.36. The molecular weight excluding hydrogens is 164 g/mol. The highest BCUT2D eigenvalue weighted by atomic mass is 16.2. The summed E-state index contributed by atoms with van der Waals surface area (Å²) in [6, 6.07) is 0. The van der Waals surface area contributed by atoms with Gasteiger partial charge in [-0.1, -0.05) is 6.92 Å². The highest BCUT2D eigenvalue weighted by Gasteiger charge is 2.33. The van der Waals surface area contributed by atoms with Gasteiger partial charge in [-0.05, 0) is 25.3 Å². The van der Waals surface area contributed by atoms with Crippen LogP contribution in [0.3, 0.4) is 0 Å². The number of carbonyl (C=O) groups excluding carboxylic acids is 1. The van der Waals surface area contributed by atoms with E-state index in [-0.39, 0.29) is 5.92 Å². The van der Waals surface area contributed by atoms with E-state index in [1.165, 1.54) is 12.8 Å². The molecule has 2 rings (SSSR count). The van der Waals surface area contributed by atoms with Gasteiger partial charge in [0.25, 0.3) is 0 Å². The summed E-state index contributed by atoms with van der Waals surface area (Å²) in [6.07, 6.45) is 2.39. The van der Waals surface area contributed by atoms with Crippen LogP contribution in [0.2, 0.25) is 0 Å². The van der Waals surface area contributed by atoms with Gasteiger partial charge in [0.1, 0.15) is 0 Å². The number of nitrogens with zero attached hydrogens (tertiary/aromatic N) is 1. The summed E-state index contributed by atoms with van der Waals surface area (Å²) < 4.78 is 0. The summed E-state index contributed by atoms with van der Waals surface area (Å²) in [5, 5.41) is 3.28. The predicted molar refractivity (Wildman–Crippen MR) is 51.3 cm³/mol. The molecule has 2 aliphatic rings. The molecule has 3 nitrogen and oxygen atoms in total. The quantitative estimate of drug-likeness (QED) is 0.639. The number of hydrogen-bond donors (Lipinski definition) is 1. The van der Waals surface area contributed by atoms with E-state index in [1.807, 2.05) is 4.90 Å². The van der Waals surface area contributed by atoms with Gasteiger partial charge < -0.3 is 10.2 Å². The minimum Gasteiger partial charge on any atom is -0.342 e. The zero-order chi connectivity index (χ0) is 9.26. The molecule has 74 valence electrons. The Kier molecular flexibility index (Phi) is 2.54. The Balaban J connectivity index is 1.95. The first-order valence-corrected chi connectivity index (χ1v) is 5.28. The smallest absolute Gasteiger partial charge is 0.227 e. The third kappa shape index (κ3) is 1.70. The van der Waals surface area contributed by atoms with Gasteiger partial charge in [-0.25, -0.2) is 0 Å². The van der Waals surface area contributed by atoms with Crippen LogP contribution in [0.15, 0.2) is 0 Å². The third-order valence-corrected chi connectivity index (χ3v) is 3.25. The Hall–Kier alpha value is -0.570. The van der Waals surface area contributed by atoms with Crippen molar-refractivity contribution in [1.29, 1.82) is 0 Å². The maximum Gasteiger partial charge on any atom is 0.227 e. The molecule has 0 aromatic heterocycles. The molecule has 1 N–H and O–H groups in total. The van der Waals surface area contributed by atoms with Crippen molar-refractivity contribution >= 4 is 5.91 Å². The van der Waals surface area contributed by atoms with Gasteiger partial charge in [0.15, 0.2) is 0 Å². The van der Waals surface area contributed by atoms with Crippen LogP contribution in [0, 0.1) is 11.8 Å². The Bertz CT molecular complexity index is 199. The fourth-order valence-corrected chi connectivity index (χ4v) is 2.31. The average Bonchev–Trinajstić information content (AvgIpc) is 2.72. The van der Waals surface area contributed by atoms with Crippen molar-refractivity contribution in [3.63, 3.8) is 0 Å². The molecule has 2 saturated heterocycles. The standard InChI is InChI=1S/C10H18N2O/c1-8-6-11-7-9(8)10(13)12-4-2-3-5-12/h8-9,11H,2-7H2,1H3. The van der Waals surface area contributed by atoms with E-state index in [0.717, 1.165) is 26.2 Å². The molecule has 2 heterocycles. The maximum absolute atomic E-state index is 11.9. The first-order valence-electron chi connectivity index (χ1n) is 5.28. The van der Waals surface area contributed by atoms with Gasteiger partial charge in [0, 0.05) is 19.6 Å². The van der Waals surface area contributed by atoms with Gasteiger partial charge in [0.05, 0.1) is 5.92 Å². The summed E-state index contributed by atoms with van der Waals surface area (Å²) in [5.41, 5.74) is 0. The molecule has 0 radical (unpaired) electrons. The third-order valence-electron chi connectivity index (χ3n) is 3.25. The Morgan fingerprint density at radius 3 is 2.54 bits per heavy atom. The number of likely N-dealkylation sites (tertiary alicyclic amines) is 1. The highest BCUT2D eigenvalue weighted by molar-refractivity contribution is 5.80. The second kappa shape index (κ2) is 3.66. The van der Waals surface area contributed by atoms with E-state index in [4.69, 9.17) is 0 Å². The molecule has 2 fully saturated rings. The minimum atomic E-state index is 0.248. The SMILES string of the molecule is CC1CNCC1C(=O)N1CCCC1. The number of rotatable bonds is 1. The topological polar surface area (TPSA) is 32.3 Å². The second-order valence-electron chi connectivity index (χ2n) is 4.27. The van der Waals surface area contributed by atoms with Crippen molar-refractivity contribution in [2.75, 3.05) is 26.2 Å². The second-order valence-corrected chi connectivity index (χ2v) is 4.27. The van der Waals surface area contributed by atoms with Crippen molar-refractivity contribution in [2.45, 2.75) is 19.8 Å². The Labute approximate surface area is 79.5 Å². The van der Waals surface area contributed by atoms with Crippen molar-refractivity contribution in [3.05, 3.63) is 0 Å². The van der Waals surface area contributed by atoms with Crippen molar-refractivity contribution < 1.29 is 4.79 Å². The van der Waals surface area contributed by atoms with Crippen molar-refractivity contribution in [2.24, 2.45) is 11.8 Å². The molecule has 0 aromatic carbocycles. The fourth-order valence-electron chi connectivity index (χ4n) is 2.31. The van der Waals surface area contributed by atoms with Crippen molar-refractivity contribution in [3.8, 4) is 0 Å². The normalized spacial score (nSPS) is 34.1. The van der Waals surface area contributed by atoms with Crippen LogP contribution in [0.4, 0.5) is 0 Å². The molecule has 1 amide bonds. The lowest BCUT2D eigenvalue weighted by molar-refractivity contribution is -0.134. The molecule has 0 aromatic rings. The largest absolute Gasteiger partial charge is 0.342 e. The minimum absolute atomic E-state index is 0.248. The van der Waals surface area contributed by atoms with Crippen LogP contribution in [0.1, 0.15) is 19.8 Å². The molecule has 2 unspecified atom stereocenters. The van der Waals surface area contributed by atoms with Crippen LogP contribution < -0.4 is 5.32 Å². The van der Waals surface area contributed by atoms with Gasteiger partial charge in [-0.15, -0.1) is 0 Å². The molecule has 3 heteroatoms. The van der Waals surface area contributed by atoms with Gasteiger partial charge in [-0.3, -0.25) is 4.79 Å². The molecule has 0 saturated carbocycles. The van der Waals surface area contributed by atoms with Gasteiger partial charge in [0.2, 0.25) is 5.91 Å².